The highest BCUT2D eigenvalue weighted by Gasteiger charge is 2.48. The van der Waals surface area contributed by atoms with Gasteiger partial charge in [-0.05, 0) is 48.2 Å². The monoisotopic (exact) mass is 534 g/mol. The molecule has 1 aliphatic rings. The molecular formula is C30H35FN4O4. The van der Waals surface area contributed by atoms with E-state index >= 15 is 0 Å². The van der Waals surface area contributed by atoms with Crippen LogP contribution < -0.4 is 9.64 Å². The van der Waals surface area contributed by atoms with E-state index in [2.05, 4.69) is 30.7 Å². The standard InChI is InChI=1S/C30H35FN4O4/c1-29(2,3)30(4)20-34(16-17-35(30)28(37)38)19-21-12-14-23(15-13-21)33(5)27(36)25-10-7-11-26(32-25)39-24-9-6-8-22(31)18-24/h6-15,18H,16-17,19-20H2,1-5H3,(H,37,38)/t30-/m1/s1. The summed E-state index contributed by atoms with van der Waals surface area (Å²) in [5, 5.41) is 9.76. The van der Waals surface area contributed by atoms with E-state index in [1.165, 1.54) is 23.1 Å². The molecule has 1 aliphatic heterocycles. The summed E-state index contributed by atoms with van der Waals surface area (Å²) in [6, 6.07) is 18.3. The first-order valence-electron chi connectivity index (χ1n) is 12.9. The third-order valence-corrected chi connectivity index (χ3v) is 7.61. The van der Waals surface area contributed by atoms with Crippen LogP contribution in [0.15, 0.2) is 66.7 Å². The molecule has 1 fully saturated rings. The summed E-state index contributed by atoms with van der Waals surface area (Å²) in [5.74, 6) is -0.240. The van der Waals surface area contributed by atoms with Crippen LogP contribution in [-0.2, 0) is 6.54 Å². The van der Waals surface area contributed by atoms with Gasteiger partial charge in [0.25, 0.3) is 5.91 Å². The van der Waals surface area contributed by atoms with Crippen molar-refractivity contribution >= 4 is 17.7 Å². The topological polar surface area (TPSA) is 86.2 Å². The lowest BCUT2D eigenvalue weighted by Gasteiger charge is -2.54. The molecule has 8 nitrogen and oxygen atoms in total. The van der Waals surface area contributed by atoms with Crippen molar-refractivity contribution in [2.75, 3.05) is 31.6 Å². The fourth-order valence-electron chi connectivity index (χ4n) is 4.79. The number of halogens is 1. The number of pyridine rings is 1. The van der Waals surface area contributed by atoms with Crippen molar-refractivity contribution in [3.63, 3.8) is 0 Å². The number of ether oxygens (including phenoxy) is 1. The Morgan fingerprint density at radius 3 is 2.41 bits per heavy atom. The van der Waals surface area contributed by atoms with E-state index in [-0.39, 0.29) is 22.9 Å². The molecule has 0 spiro atoms. The first kappa shape index (κ1) is 28.0. The van der Waals surface area contributed by atoms with Crippen molar-refractivity contribution in [2.24, 2.45) is 5.41 Å². The van der Waals surface area contributed by atoms with Gasteiger partial charge in [0, 0.05) is 51.0 Å². The van der Waals surface area contributed by atoms with E-state index < -0.39 is 17.4 Å². The summed E-state index contributed by atoms with van der Waals surface area (Å²) >= 11 is 0. The molecular weight excluding hydrogens is 499 g/mol. The van der Waals surface area contributed by atoms with E-state index in [1.54, 1.807) is 36.2 Å². The maximum Gasteiger partial charge on any atom is 0.407 e. The maximum atomic E-state index is 13.5. The minimum atomic E-state index is -0.885. The second kappa shape index (κ2) is 11.0. The van der Waals surface area contributed by atoms with Gasteiger partial charge in [0.05, 0.1) is 5.54 Å². The molecule has 2 amide bonds. The van der Waals surface area contributed by atoms with Crippen molar-refractivity contribution in [2.45, 2.75) is 39.8 Å². The minimum absolute atomic E-state index is 0.195. The number of carbonyl (C=O) groups excluding carboxylic acids is 1. The average Bonchev–Trinajstić information content (AvgIpc) is 2.88. The van der Waals surface area contributed by atoms with E-state index in [1.807, 2.05) is 31.2 Å². The first-order valence-corrected chi connectivity index (χ1v) is 12.9. The van der Waals surface area contributed by atoms with E-state index in [0.717, 1.165) is 5.56 Å². The highest BCUT2D eigenvalue weighted by molar-refractivity contribution is 6.04. The lowest BCUT2D eigenvalue weighted by Crippen LogP contribution is -2.67. The lowest BCUT2D eigenvalue weighted by atomic mass is 9.72. The van der Waals surface area contributed by atoms with Crippen LogP contribution in [-0.4, -0.2) is 64.1 Å². The van der Waals surface area contributed by atoms with Gasteiger partial charge in [0.15, 0.2) is 0 Å². The number of nitrogens with zero attached hydrogens (tertiary/aromatic N) is 4. The SMILES string of the molecule is CN(C(=O)c1cccc(Oc2cccc(F)c2)n1)c1ccc(CN2CCN(C(=O)O)[C@@](C)(C(C)(C)C)C2)cc1. The van der Waals surface area contributed by atoms with Crippen LogP contribution in [0.4, 0.5) is 14.9 Å². The van der Waals surface area contributed by atoms with Crippen molar-refractivity contribution in [1.29, 1.82) is 0 Å². The predicted octanol–water partition coefficient (Wildman–Crippen LogP) is 5.89. The summed E-state index contributed by atoms with van der Waals surface area (Å²) in [4.78, 5) is 34.7. The van der Waals surface area contributed by atoms with Gasteiger partial charge in [-0.3, -0.25) is 14.6 Å². The number of rotatable bonds is 6. The Balaban J connectivity index is 1.42. The molecule has 0 radical (unpaired) electrons. The molecule has 0 aliphatic carbocycles. The number of aromatic nitrogens is 1. The molecule has 39 heavy (non-hydrogen) atoms. The first-order chi connectivity index (χ1) is 18.4. The second-order valence-electron chi connectivity index (χ2n) is 11.1. The average molecular weight is 535 g/mol. The minimum Gasteiger partial charge on any atom is -0.465 e. The molecule has 1 N–H and O–H groups in total. The molecule has 206 valence electrons. The van der Waals surface area contributed by atoms with Gasteiger partial charge in [0.2, 0.25) is 5.88 Å². The summed E-state index contributed by atoms with van der Waals surface area (Å²) in [5.41, 5.74) is 1.22. The third kappa shape index (κ3) is 6.20. The molecule has 3 aromatic rings. The molecule has 0 bridgehead atoms. The maximum absolute atomic E-state index is 13.5. The van der Waals surface area contributed by atoms with Crippen LogP contribution in [0.25, 0.3) is 0 Å². The summed E-state index contributed by atoms with van der Waals surface area (Å²) in [6.07, 6.45) is -0.885. The van der Waals surface area contributed by atoms with Crippen molar-refractivity contribution in [3.8, 4) is 11.6 Å². The molecule has 4 rings (SSSR count). The molecule has 0 saturated carbocycles. The van der Waals surface area contributed by atoms with Crippen LogP contribution in [0.2, 0.25) is 0 Å². The largest absolute Gasteiger partial charge is 0.465 e. The number of piperazine rings is 1. The van der Waals surface area contributed by atoms with Gasteiger partial charge in [-0.15, -0.1) is 0 Å². The predicted molar refractivity (Wildman–Crippen MR) is 148 cm³/mol. The van der Waals surface area contributed by atoms with E-state index in [9.17, 15) is 19.1 Å². The zero-order valence-corrected chi connectivity index (χ0v) is 23.0. The zero-order chi connectivity index (χ0) is 28.4. The van der Waals surface area contributed by atoms with Crippen LogP contribution in [0.1, 0.15) is 43.7 Å². The zero-order valence-electron chi connectivity index (χ0n) is 23.0. The molecule has 1 aromatic heterocycles. The van der Waals surface area contributed by atoms with Crippen LogP contribution in [0.3, 0.4) is 0 Å². The summed E-state index contributed by atoms with van der Waals surface area (Å²) in [7, 11) is 1.68. The Morgan fingerprint density at radius 2 is 1.77 bits per heavy atom. The van der Waals surface area contributed by atoms with Gasteiger partial charge < -0.3 is 14.7 Å². The quantitative estimate of drug-likeness (QED) is 0.424. The normalized spacial score (nSPS) is 18.1. The summed E-state index contributed by atoms with van der Waals surface area (Å²) in [6.45, 7) is 10.7. The Bertz CT molecular complexity index is 1340. The van der Waals surface area contributed by atoms with Gasteiger partial charge in [-0.1, -0.05) is 45.0 Å². The summed E-state index contributed by atoms with van der Waals surface area (Å²) < 4.78 is 19.1. The number of carbonyl (C=O) groups is 2. The molecule has 1 atom stereocenters. The second-order valence-corrected chi connectivity index (χ2v) is 11.1. The number of hydrogen-bond acceptors (Lipinski definition) is 5. The number of amides is 2. The van der Waals surface area contributed by atoms with Crippen molar-refractivity contribution < 1.29 is 23.8 Å². The Hall–Kier alpha value is -3.98. The Kier molecular flexibility index (Phi) is 7.92. The molecule has 2 heterocycles. The van der Waals surface area contributed by atoms with E-state index in [0.29, 0.717) is 37.6 Å². The van der Waals surface area contributed by atoms with Gasteiger partial charge in [0.1, 0.15) is 17.3 Å². The van der Waals surface area contributed by atoms with Crippen LogP contribution in [0.5, 0.6) is 11.6 Å². The Morgan fingerprint density at radius 1 is 1.08 bits per heavy atom. The van der Waals surface area contributed by atoms with Crippen LogP contribution in [0, 0.1) is 11.2 Å². The smallest absolute Gasteiger partial charge is 0.407 e. The van der Waals surface area contributed by atoms with Crippen LogP contribution >= 0.6 is 0 Å². The van der Waals surface area contributed by atoms with Crippen molar-refractivity contribution in [3.05, 3.63) is 83.8 Å². The number of anilines is 1. The van der Waals surface area contributed by atoms with Crippen molar-refractivity contribution in [1.82, 2.24) is 14.8 Å². The Labute approximate surface area is 228 Å². The number of benzene rings is 2. The number of hydrogen-bond donors (Lipinski definition) is 1. The highest BCUT2D eigenvalue weighted by Crippen LogP contribution is 2.38. The number of carboxylic acid groups (broad SMARTS) is 1. The molecule has 1 saturated heterocycles. The van der Waals surface area contributed by atoms with E-state index in [4.69, 9.17) is 4.74 Å². The highest BCUT2D eigenvalue weighted by atomic mass is 19.1. The fourth-order valence-corrected chi connectivity index (χ4v) is 4.79. The third-order valence-electron chi connectivity index (χ3n) is 7.61. The van der Waals surface area contributed by atoms with Gasteiger partial charge in [-0.25, -0.2) is 14.2 Å². The van der Waals surface area contributed by atoms with Gasteiger partial charge >= 0.3 is 6.09 Å². The molecule has 9 heteroatoms. The molecule has 0 unspecified atom stereocenters. The lowest BCUT2D eigenvalue weighted by molar-refractivity contribution is -0.0462. The van der Waals surface area contributed by atoms with Gasteiger partial charge in [-0.2, -0.15) is 0 Å². The molecule has 2 aromatic carbocycles. The fraction of sp³-hybridized carbons (Fsp3) is 0.367.